The minimum absolute atomic E-state index is 0.0747. The van der Waals surface area contributed by atoms with Crippen molar-refractivity contribution in [1.82, 2.24) is 4.90 Å². The van der Waals surface area contributed by atoms with Crippen molar-refractivity contribution in [2.75, 3.05) is 13.2 Å². The molecule has 1 aromatic rings. The van der Waals surface area contributed by atoms with E-state index in [2.05, 4.69) is 0 Å². The van der Waals surface area contributed by atoms with Crippen molar-refractivity contribution in [3.8, 4) is 0 Å². The molecule has 0 radical (unpaired) electrons. The first-order chi connectivity index (χ1) is 10.6. The molecule has 2 amide bonds. The van der Waals surface area contributed by atoms with Crippen LogP contribution in [0.1, 0.15) is 37.7 Å². The van der Waals surface area contributed by atoms with Crippen LogP contribution < -0.4 is 5.73 Å². The maximum Gasteiger partial charge on any atom is 0.316 e. The van der Waals surface area contributed by atoms with Crippen LogP contribution in [-0.4, -0.2) is 36.1 Å². The van der Waals surface area contributed by atoms with Crippen molar-refractivity contribution in [3.63, 3.8) is 0 Å². The summed E-state index contributed by atoms with van der Waals surface area (Å²) in [6.45, 7) is 0.901. The van der Waals surface area contributed by atoms with Crippen molar-refractivity contribution >= 4 is 12.0 Å². The Balaban J connectivity index is 1.65. The van der Waals surface area contributed by atoms with Crippen molar-refractivity contribution in [2.24, 2.45) is 5.73 Å². The number of nitrogens with two attached hydrogens (primary N) is 1. The number of amides is 2. The number of esters is 1. The second kappa shape index (κ2) is 5.99. The quantitative estimate of drug-likeness (QED) is 0.867. The van der Waals surface area contributed by atoms with Gasteiger partial charge in [0.2, 0.25) is 0 Å². The average molecular weight is 302 g/mol. The summed E-state index contributed by atoms with van der Waals surface area (Å²) < 4.78 is 5.58. The fraction of sp³-hybridized carbons (Fsp3) is 0.529. The zero-order chi connectivity index (χ0) is 15.6. The molecule has 1 aromatic carbocycles. The van der Waals surface area contributed by atoms with Crippen molar-refractivity contribution in [2.45, 2.75) is 43.6 Å². The van der Waals surface area contributed by atoms with Gasteiger partial charge in [-0.1, -0.05) is 36.8 Å². The Kier molecular flexibility index (Phi) is 4.05. The van der Waals surface area contributed by atoms with Crippen LogP contribution in [0, 0.1) is 0 Å². The van der Waals surface area contributed by atoms with Gasteiger partial charge in [-0.2, -0.15) is 0 Å². The summed E-state index contributed by atoms with van der Waals surface area (Å²) in [5.41, 5.74) is 5.90. The van der Waals surface area contributed by atoms with Crippen LogP contribution in [0.3, 0.4) is 0 Å². The van der Waals surface area contributed by atoms with Crippen molar-refractivity contribution < 1.29 is 14.3 Å². The van der Waals surface area contributed by atoms with E-state index in [9.17, 15) is 9.59 Å². The third-order valence-corrected chi connectivity index (χ3v) is 4.99. The Bertz CT molecular complexity index is 554. The third kappa shape index (κ3) is 2.56. The maximum atomic E-state index is 12.6. The predicted octanol–water partition coefficient (Wildman–Crippen LogP) is 2.19. The second-order valence-corrected chi connectivity index (χ2v) is 6.23. The van der Waals surface area contributed by atoms with E-state index >= 15 is 0 Å². The Morgan fingerprint density at radius 1 is 1.23 bits per heavy atom. The topological polar surface area (TPSA) is 72.6 Å². The van der Waals surface area contributed by atoms with Crippen LogP contribution in [0.15, 0.2) is 30.3 Å². The first-order valence-corrected chi connectivity index (χ1v) is 7.92. The highest BCUT2D eigenvalue weighted by Crippen LogP contribution is 2.44. The SMILES string of the molecule is NC(=O)N1CCCC1COC(=O)C1(c2ccccc2)CCC1. The monoisotopic (exact) mass is 302 g/mol. The van der Waals surface area contributed by atoms with Gasteiger partial charge in [0.05, 0.1) is 11.5 Å². The molecule has 0 bridgehead atoms. The van der Waals surface area contributed by atoms with Crippen molar-refractivity contribution in [1.29, 1.82) is 0 Å². The maximum absolute atomic E-state index is 12.6. The van der Waals surface area contributed by atoms with E-state index in [-0.39, 0.29) is 18.6 Å². The van der Waals surface area contributed by atoms with Crippen LogP contribution in [0.25, 0.3) is 0 Å². The van der Waals surface area contributed by atoms with Gasteiger partial charge >= 0.3 is 12.0 Å². The molecule has 22 heavy (non-hydrogen) atoms. The largest absolute Gasteiger partial charge is 0.463 e. The summed E-state index contributed by atoms with van der Waals surface area (Å²) in [5.74, 6) is -0.165. The van der Waals surface area contributed by atoms with Gasteiger partial charge in [-0.05, 0) is 31.2 Å². The Morgan fingerprint density at radius 2 is 1.95 bits per heavy atom. The van der Waals surface area contributed by atoms with E-state index in [0.29, 0.717) is 6.54 Å². The van der Waals surface area contributed by atoms with E-state index in [1.807, 2.05) is 30.3 Å². The predicted molar refractivity (Wildman–Crippen MR) is 82.2 cm³/mol. The molecule has 0 aromatic heterocycles. The number of likely N-dealkylation sites (tertiary alicyclic amines) is 1. The average Bonchev–Trinajstić information content (AvgIpc) is 2.94. The fourth-order valence-electron chi connectivity index (χ4n) is 3.51. The smallest absolute Gasteiger partial charge is 0.316 e. The number of hydrogen-bond donors (Lipinski definition) is 1. The molecule has 0 spiro atoms. The van der Waals surface area contributed by atoms with Crippen LogP contribution >= 0.6 is 0 Å². The molecule has 5 heteroatoms. The highest BCUT2D eigenvalue weighted by atomic mass is 16.5. The van der Waals surface area contributed by atoms with Gasteiger partial charge in [-0.25, -0.2) is 4.79 Å². The van der Waals surface area contributed by atoms with E-state index in [1.165, 1.54) is 0 Å². The van der Waals surface area contributed by atoms with Gasteiger partial charge in [0.1, 0.15) is 6.61 Å². The van der Waals surface area contributed by atoms with Crippen LogP contribution in [0.2, 0.25) is 0 Å². The van der Waals surface area contributed by atoms with Gasteiger partial charge < -0.3 is 15.4 Å². The van der Waals surface area contributed by atoms with Crippen LogP contribution in [0.4, 0.5) is 4.79 Å². The lowest BCUT2D eigenvalue weighted by Crippen LogP contribution is -2.46. The van der Waals surface area contributed by atoms with Gasteiger partial charge in [0.25, 0.3) is 0 Å². The van der Waals surface area contributed by atoms with Crippen molar-refractivity contribution in [3.05, 3.63) is 35.9 Å². The molecule has 3 rings (SSSR count). The first kappa shape index (κ1) is 14.9. The normalized spacial score (nSPS) is 22.9. The third-order valence-electron chi connectivity index (χ3n) is 4.99. The molecule has 1 aliphatic carbocycles. The number of primary amides is 1. The van der Waals surface area contributed by atoms with Gasteiger partial charge in [0.15, 0.2) is 0 Å². The minimum Gasteiger partial charge on any atom is -0.463 e. The number of carbonyl (C=O) groups excluding carboxylic acids is 2. The lowest BCUT2D eigenvalue weighted by molar-refractivity contribution is -0.155. The van der Waals surface area contributed by atoms with E-state index in [1.54, 1.807) is 4.90 Å². The molecule has 1 unspecified atom stereocenters. The highest BCUT2D eigenvalue weighted by Gasteiger charge is 2.47. The molecule has 2 N–H and O–H groups in total. The minimum atomic E-state index is -0.489. The Labute approximate surface area is 130 Å². The molecule has 5 nitrogen and oxygen atoms in total. The summed E-state index contributed by atoms with van der Waals surface area (Å²) in [4.78, 5) is 25.6. The lowest BCUT2D eigenvalue weighted by Gasteiger charge is -2.40. The van der Waals surface area contributed by atoms with Gasteiger partial charge in [-0.15, -0.1) is 0 Å². The molecule has 1 saturated heterocycles. The number of urea groups is 1. The first-order valence-electron chi connectivity index (χ1n) is 7.92. The standard InChI is InChI=1S/C17H22N2O3/c18-16(21)19-11-4-8-14(19)12-22-15(20)17(9-5-10-17)13-6-2-1-3-7-13/h1-3,6-7,14H,4-5,8-12H2,(H2,18,21). The van der Waals surface area contributed by atoms with Gasteiger partial charge in [-0.3, -0.25) is 4.79 Å². The summed E-state index contributed by atoms with van der Waals surface area (Å²) in [5, 5.41) is 0. The van der Waals surface area contributed by atoms with E-state index < -0.39 is 11.4 Å². The Hall–Kier alpha value is -2.04. The molecule has 2 fully saturated rings. The molecular weight excluding hydrogens is 280 g/mol. The van der Waals surface area contributed by atoms with Crippen LogP contribution in [-0.2, 0) is 14.9 Å². The van der Waals surface area contributed by atoms with E-state index in [4.69, 9.17) is 10.5 Å². The number of carbonyl (C=O) groups is 2. The summed E-state index contributed by atoms with van der Waals surface area (Å²) in [6, 6.07) is 9.33. The van der Waals surface area contributed by atoms with E-state index in [0.717, 1.165) is 37.7 Å². The zero-order valence-corrected chi connectivity index (χ0v) is 12.7. The number of benzene rings is 1. The second-order valence-electron chi connectivity index (χ2n) is 6.23. The molecule has 2 aliphatic rings. The molecule has 1 aliphatic heterocycles. The Morgan fingerprint density at radius 3 is 2.55 bits per heavy atom. The van der Waals surface area contributed by atoms with Crippen LogP contribution in [0.5, 0.6) is 0 Å². The molecular formula is C17H22N2O3. The molecule has 1 saturated carbocycles. The molecule has 118 valence electrons. The number of hydrogen-bond acceptors (Lipinski definition) is 3. The number of rotatable bonds is 4. The van der Waals surface area contributed by atoms with Gasteiger partial charge in [0, 0.05) is 6.54 Å². The highest BCUT2D eigenvalue weighted by molar-refractivity contribution is 5.84. The summed E-state index contributed by atoms with van der Waals surface area (Å²) in [6.07, 6.45) is 4.46. The number of ether oxygens (including phenoxy) is 1. The summed E-state index contributed by atoms with van der Waals surface area (Å²) >= 11 is 0. The summed E-state index contributed by atoms with van der Waals surface area (Å²) in [7, 11) is 0. The number of nitrogens with zero attached hydrogens (tertiary/aromatic N) is 1. The lowest BCUT2D eigenvalue weighted by atomic mass is 9.64. The fourth-order valence-corrected chi connectivity index (χ4v) is 3.51. The molecule has 1 heterocycles. The zero-order valence-electron chi connectivity index (χ0n) is 12.7. The molecule has 1 atom stereocenters.